The molecule has 0 spiro atoms. The summed E-state index contributed by atoms with van der Waals surface area (Å²) in [6.07, 6.45) is 10.7. The van der Waals surface area contributed by atoms with E-state index < -0.39 is 0 Å². The Bertz CT molecular complexity index is 1670. The first-order valence-electron chi connectivity index (χ1n) is 13.0. The lowest BCUT2D eigenvalue weighted by atomic mass is 9.91. The van der Waals surface area contributed by atoms with E-state index in [0.717, 1.165) is 64.3 Å². The predicted molar refractivity (Wildman–Crippen MR) is 147 cm³/mol. The third-order valence-corrected chi connectivity index (χ3v) is 7.19. The first kappa shape index (κ1) is 24.7. The number of hydrogen-bond acceptors (Lipinski definition) is 6. The highest BCUT2D eigenvalue weighted by Crippen LogP contribution is 2.35. The number of nitrogens with zero attached hydrogens (tertiary/aromatic N) is 9. The van der Waals surface area contributed by atoms with Gasteiger partial charge in [-0.3, -0.25) is 18.8 Å². The minimum Gasteiger partial charge on any atom is -0.347 e. The van der Waals surface area contributed by atoms with Crippen molar-refractivity contribution in [1.29, 1.82) is 0 Å². The molecule has 0 saturated heterocycles. The number of hydrogen-bond donors (Lipinski definition) is 0. The van der Waals surface area contributed by atoms with Gasteiger partial charge in [-0.05, 0) is 35.6 Å². The Balaban J connectivity index is 1.29. The van der Waals surface area contributed by atoms with Gasteiger partial charge in [-0.25, -0.2) is 9.97 Å². The Hall–Kier alpha value is -4.60. The summed E-state index contributed by atoms with van der Waals surface area (Å²) in [6.45, 7) is 0.211. The number of carbonyl (C=O) groups is 1. The Morgan fingerprint density at radius 3 is 2.69 bits per heavy atom. The van der Waals surface area contributed by atoms with Crippen LogP contribution in [0, 0.1) is 0 Å². The van der Waals surface area contributed by atoms with Crippen molar-refractivity contribution in [2.45, 2.75) is 32.2 Å². The average Bonchev–Trinajstić information content (AvgIpc) is 3.63. The molecular formula is C29H31N9O. The predicted octanol–water partition coefficient (Wildman–Crippen LogP) is 2.84. The van der Waals surface area contributed by atoms with E-state index in [4.69, 9.17) is 10.1 Å². The fourth-order valence-electron chi connectivity index (χ4n) is 5.10. The Kier molecular flexibility index (Phi) is 6.30. The molecule has 4 aromatic heterocycles. The highest BCUT2D eigenvalue weighted by molar-refractivity contribution is 5.75. The van der Waals surface area contributed by atoms with E-state index in [1.165, 1.54) is 5.56 Å². The van der Waals surface area contributed by atoms with Crippen LogP contribution in [0.5, 0.6) is 0 Å². The molecule has 0 radical (unpaired) electrons. The molecule has 0 fully saturated rings. The van der Waals surface area contributed by atoms with Crippen LogP contribution < -0.4 is 0 Å². The van der Waals surface area contributed by atoms with Gasteiger partial charge in [0.2, 0.25) is 5.91 Å². The van der Waals surface area contributed by atoms with Gasteiger partial charge >= 0.3 is 0 Å². The minimum atomic E-state index is -0.00251. The van der Waals surface area contributed by atoms with Crippen LogP contribution in [0.15, 0.2) is 55.1 Å². The van der Waals surface area contributed by atoms with Crippen molar-refractivity contribution in [3.8, 4) is 22.4 Å². The van der Waals surface area contributed by atoms with Crippen molar-refractivity contribution in [3.05, 3.63) is 89.2 Å². The van der Waals surface area contributed by atoms with Crippen molar-refractivity contribution in [2.24, 2.45) is 14.1 Å². The summed E-state index contributed by atoms with van der Waals surface area (Å²) in [5.41, 5.74) is 9.75. The number of amides is 1. The van der Waals surface area contributed by atoms with Crippen LogP contribution in [0.1, 0.15) is 34.0 Å². The highest BCUT2D eigenvalue weighted by Gasteiger charge is 2.26. The lowest BCUT2D eigenvalue weighted by Gasteiger charge is -2.16. The second kappa shape index (κ2) is 9.94. The summed E-state index contributed by atoms with van der Waals surface area (Å²) in [5, 5.41) is 13.8. The second-order valence-corrected chi connectivity index (χ2v) is 10.3. The van der Waals surface area contributed by atoms with Crippen LogP contribution in [0.4, 0.5) is 0 Å². The van der Waals surface area contributed by atoms with Gasteiger partial charge in [-0.2, -0.15) is 15.3 Å². The molecule has 0 N–H and O–H groups in total. The third kappa shape index (κ3) is 4.97. The molecule has 5 aromatic rings. The molecule has 10 heteroatoms. The van der Waals surface area contributed by atoms with Crippen LogP contribution in [-0.4, -0.2) is 64.2 Å². The molecular weight excluding hydrogens is 490 g/mol. The Labute approximate surface area is 226 Å². The molecule has 10 nitrogen and oxygen atoms in total. The first-order valence-corrected chi connectivity index (χ1v) is 13.0. The quantitative estimate of drug-likeness (QED) is 0.327. The van der Waals surface area contributed by atoms with E-state index in [-0.39, 0.29) is 12.5 Å². The third-order valence-electron chi connectivity index (χ3n) is 7.19. The molecule has 1 aliphatic carbocycles. The topological polar surface area (TPSA) is 99.5 Å². The second-order valence-electron chi connectivity index (χ2n) is 10.3. The van der Waals surface area contributed by atoms with E-state index in [1.807, 2.05) is 54.3 Å². The molecule has 39 heavy (non-hydrogen) atoms. The van der Waals surface area contributed by atoms with Gasteiger partial charge in [-0.15, -0.1) is 0 Å². The minimum absolute atomic E-state index is 0.00251. The number of fused-ring (bicyclic) bond motifs is 3. The van der Waals surface area contributed by atoms with Gasteiger partial charge in [0.1, 0.15) is 12.4 Å². The highest BCUT2D eigenvalue weighted by atomic mass is 16.2. The Morgan fingerprint density at radius 2 is 1.90 bits per heavy atom. The van der Waals surface area contributed by atoms with Crippen LogP contribution in [0.2, 0.25) is 0 Å². The lowest BCUT2D eigenvalue weighted by Crippen LogP contribution is -2.26. The maximum Gasteiger partial charge on any atom is 0.243 e. The van der Waals surface area contributed by atoms with Gasteiger partial charge in [0.15, 0.2) is 0 Å². The zero-order valence-corrected chi connectivity index (χ0v) is 22.7. The summed E-state index contributed by atoms with van der Waals surface area (Å²) in [6, 6.07) is 10.5. The molecule has 1 aromatic carbocycles. The maximum absolute atomic E-state index is 12.0. The fraction of sp³-hybridized carbons (Fsp3) is 0.310. The zero-order chi connectivity index (χ0) is 27.1. The summed E-state index contributed by atoms with van der Waals surface area (Å²) >= 11 is 0. The van der Waals surface area contributed by atoms with Gasteiger partial charge in [-0.1, -0.05) is 24.3 Å². The van der Waals surface area contributed by atoms with E-state index in [2.05, 4.69) is 39.4 Å². The van der Waals surface area contributed by atoms with Gasteiger partial charge < -0.3 is 4.90 Å². The number of aromatic nitrogens is 8. The van der Waals surface area contributed by atoms with Crippen molar-refractivity contribution in [3.63, 3.8) is 0 Å². The molecule has 0 saturated carbocycles. The van der Waals surface area contributed by atoms with Crippen molar-refractivity contribution in [2.75, 3.05) is 14.1 Å². The van der Waals surface area contributed by atoms with Crippen LogP contribution in [-0.2, 0) is 51.1 Å². The van der Waals surface area contributed by atoms with Crippen molar-refractivity contribution >= 4 is 5.91 Å². The molecule has 6 rings (SSSR count). The standard InChI is InChI=1S/C29H31N9O/c1-35(2)27(39)18-38-11-10-23(33-38)14-26-30-15-21-8-9-24-28(29(21)32-26)25(37(4)34-24)13-19-6-5-7-20(12-19)22-16-31-36(3)17-22/h5-7,10-12,15-17H,8-9,13-14,18H2,1-4H3. The normalized spacial score (nSPS) is 12.3. The number of carbonyl (C=O) groups excluding carboxylic acids is 1. The number of benzene rings is 1. The summed E-state index contributed by atoms with van der Waals surface area (Å²) in [7, 11) is 7.43. The summed E-state index contributed by atoms with van der Waals surface area (Å²) in [4.78, 5) is 23.3. The molecule has 4 heterocycles. The molecule has 0 unspecified atom stereocenters. The Morgan fingerprint density at radius 1 is 1.03 bits per heavy atom. The molecule has 0 atom stereocenters. The summed E-state index contributed by atoms with van der Waals surface area (Å²) in [5.74, 6) is 0.705. The molecule has 1 aliphatic rings. The number of aryl methyl sites for hydroxylation is 4. The lowest BCUT2D eigenvalue weighted by molar-refractivity contribution is -0.129. The summed E-state index contributed by atoms with van der Waals surface area (Å²) < 4.78 is 5.48. The van der Waals surface area contributed by atoms with E-state index in [9.17, 15) is 4.79 Å². The number of rotatable bonds is 7. The first-order chi connectivity index (χ1) is 18.8. The van der Waals surface area contributed by atoms with Crippen LogP contribution >= 0.6 is 0 Å². The SMILES string of the molecule is CN(C)C(=O)Cn1ccc(Cc2ncc3c(n2)-c2c(nn(C)c2Cc2cccc(-c4cnn(C)c4)c2)CC3)n1. The van der Waals surface area contributed by atoms with Gasteiger partial charge in [0, 0.05) is 64.3 Å². The van der Waals surface area contributed by atoms with Crippen LogP contribution in [0.25, 0.3) is 22.4 Å². The molecule has 0 bridgehead atoms. The largest absolute Gasteiger partial charge is 0.347 e. The van der Waals surface area contributed by atoms with Crippen LogP contribution in [0.3, 0.4) is 0 Å². The van der Waals surface area contributed by atoms with Gasteiger partial charge in [0.25, 0.3) is 0 Å². The molecule has 0 aliphatic heterocycles. The van der Waals surface area contributed by atoms with Crippen molar-refractivity contribution in [1.82, 2.24) is 44.2 Å². The zero-order valence-electron chi connectivity index (χ0n) is 22.7. The monoisotopic (exact) mass is 521 g/mol. The van der Waals surface area contributed by atoms with E-state index >= 15 is 0 Å². The molecule has 198 valence electrons. The average molecular weight is 522 g/mol. The smallest absolute Gasteiger partial charge is 0.243 e. The number of likely N-dealkylation sites (N-methyl/N-ethyl adjacent to an activating group) is 1. The maximum atomic E-state index is 12.0. The van der Waals surface area contributed by atoms with Gasteiger partial charge in [0.05, 0.1) is 35.4 Å². The fourth-order valence-corrected chi connectivity index (χ4v) is 5.10. The molecule has 1 amide bonds. The van der Waals surface area contributed by atoms with E-state index in [1.54, 1.807) is 23.7 Å². The van der Waals surface area contributed by atoms with Crippen molar-refractivity contribution < 1.29 is 4.79 Å². The van der Waals surface area contributed by atoms with E-state index in [0.29, 0.717) is 12.2 Å².